The third kappa shape index (κ3) is 3.88. The van der Waals surface area contributed by atoms with E-state index in [0.29, 0.717) is 37.3 Å². The number of rotatable bonds is 6. The van der Waals surface area contributed by atoms with E-state index < -0.39 is 4.92 Å². The van der Waals surface area contributed by atoms with Gasteiger partial charge in [-0.25, -0.2) is 9.97 Å². The second-order valence-corrected chi connectivity index (χ2v) is 8.22. The van der Waals surface area contributed by atoms with Gasteiger partial charge < -0.3 is 9.64 Å². The Morgan fingerprint density at radius 2 is 2.00 bits per heavy atom. The highest BCUT2D eigenvalue weighted by atomic mass is 32.1. The first-order chi connectivity index (χ1) is 14.4. The van der Waals surface area contributed by atoms with E-state index in [4.69, 9.17) is 4.74 Å². The zero-order chi connectivity index (χ0) is 21.3. The summed E-state index contributed by atoms with van der Waals surface area (Å²) in [4.78, 5) is 35.1. The number of nitrogens with zero attached hydrogens (tertiary/aromatic N) is 4. The molecule has 2 aromatic heterocycles. The van der Waals surface area contributed by atoms with Gasteiger partial charge in [0.05, 0.1) is 22.5 Å². The first kappa shape index (κ1) is 20.0. The van der Waals surface area contributed by atoms with Gasteiger partial charge in [-0.05, 0) is 17.5 Å². The number of non-ortho nitro benzene ring substituents is 1. The summed E-state index contributed by atoms with van der Waals surface area (Å²) in [6, 6.07) is 6.44. The molecule has 2 heterocycles. The summed E-state index contributed by atoms with van der Waals surface area (Å²) in [5.74, 6) is 0.648. The Morgan fingerprint density at radius 1 is 1.23 bits per heavy atom. The van der Waals surface area contributed by atoms with Gasteiger partial charge in [-0.15, -0.1) is 11.3 Å². The van der Waals surface area contributed by atoms with Gasteiger partial charge in [0.15, 0.2) is 5.78 Å². The first-order valence-electron chi connectivity index (χ1n) is 9.48. The summed E-state index contributed by atoms with van der Waals surface area (Å²) in [6.45, 7) is 0.383. The molecule has 30 heavy (non-hydrogen) atoms. The monoisotopic (exact) mass is 424 g/mol. The molecule has 1 aliphatic carbocycles. The van der Waals surface area contributed by atoms with Crippen LogP contribution in [-0.4, -0.2) is 46.3 Å². The number of allylic oxidation sites excluding steroid dienone is 1. The highest BCUT2D eigenvalue weighted by molar-refractivity contribution is 7.20. The highest BCUT2D eigenvalue weighted by Gasteiger charge is 2.28. The van der Waals surface area contributed by atoms with Gasteiger partial charge in [-0.1, -0.05) is 12.1 Å². The van der Waals surface area contributed by atoms with Crippen molar-refractivity contribution in [2.45, 2.75) is 19.3 Å². The number of carbonyl (C=O) groups excluding carboxylic acids is 1. The molecule has 3 aromatic rings. The van der Waals surface area contributed by atoms with Crippen LogP contribution in [0.2, 0.25) is 0 Å². The molecule has 0 atom stereocenters. The van der Waals surface area contributed by atoms with Crippen molar-refractivity contribution in [3.8, 4) is 5.88 Å². The summed E-state index contributed by atoms with van der Waals surface area (Å²) >= 11 is 1.49. The largest absolute Gasteiger partial charge is 0.477 e. The van der Waals surface area contributed by atoms with Gasteiger partial charge >= 0.3 is 0 Å². The van der Waals surface area contributed by atoms with Crippen LogP contribution in [0.4, 0.5) is 5.69 Å². The maximum atomic E-state index is 12.5. The number of benzene rings is 1. The van der Waals surface area contributed by atoms with Crippen molar-refractivity contribution in [1.29, 1.82) is 0 Å². The minimum absolute atomic E-state index is 0.0678. The molecule has 0 saturated carbocycles. The number of nitro benzene ring substituents is 1. The lowest BCUT2D eigenvalue weighted by atomic mass is 9.92. The molecular weight excluding hydrogens is 404 g/mol. The normalized spacial score (nSPS) is 14.7. The van der Waals surface area contributed by atoms with Gasteiger partial charge in [-0.3, -0.25) is 14.9 Å². The second-order valence-electron chi connectivity index (χ2n) is 7.22. The predicted octanol–water partition coefficient (Wildman–Crippen LogP) is 3.64. The molecular formula is C21H20N4O4S. The van der Waals surface area contributed by atoms with Gasteiger partial charge in [-0.2, -0.15) is 0 Å². The minimum Gasteiger partial charge on any atom is -0.477 e. The summed E-state index contributed by atoms with van der Waals surface area (Å²) < 4.78 is 5.98. The molecule has 0 aliphatic heterocycles. The Hall–Kier alpha value is -3.33. The molecule has 0 radical (unpaired) electrons. The van der Waals surface area contributed by atoms with Crippen LogP contribution in [0, 0.1) is 10.1 Å². The molecule has 0 unspecified atom stereocenters. The van der Waals surface area contributed by atoms with Crippen molar-refractivity contribution in [1.82, 2.24) is 14.9 Å². The molecule has 0 N–H and O–H groups in total. The molecule has 0 saturated heterocycles. The number of carbonyl (C=O) groups is 1. The summed E-state index contributed by atoms with van der Waals surface area (Å²) in [5, 5.41) is 11.6. The van der Waals surface area contributed by atoms with Crippen molar-refractivity contribution >= 4 is 38.6 Å². The molecule has 0 amide bonds. The average molecular weight is 424 g/mol. The molecule has 0 fully saturated rings. The molecule has 1 aromatic carbocycles. The molecule has 9 heteroatoms. The van der Waals surface area contributed by atoms with E-state index in [1.165, 1.54) is 29.8 Å². The Balaban J connectivity index is 1.58. The Morgan fingerprint density at radius 3 is 2.70 bits per heavy atom. The van der Waals surface area contributed by atoms with Crippen molar-refractivity contribution < 1.29 is 14.5 Å². The number of thiophene rings is 1. The first-order valence-corrected chi connectivity index (χ1v) is 10.3. The van der Waals surface area contributed by atoms with Crippen LogP contribution in [0.25, 0.3) is 15.8 Å². The fourth-order valence-corrected chi connectivity index (χ4v) is 4.68. The van der Waals surface area contributed by atoms with Crippen LogP contribution in [-0.2, 0) is 17.6 Å². The molecule has 1 aliphatic rings. The highest BCUT2D eigenvalue weighted by Crippen LogP contribution is 2.42. The van der Waals surface area contributed by atoms with Crippen LogP contribution < -0.4 is 4.74 Å². The lowest BCUT2D eigenvalue weighted by molar-refractivity contribution is -0.384. The van der Waals surface area contributed by atoms with E-state index in [1.807, 2.05) is 25.2 Å². The molecule has 0 spiro atoms. The SMILES string of the molecule is CN(C)C=C1C(=O)CCc2c1sc1ncnc(OCCc3ccc([N+](=O)[O-])cc3)c21. The van der Waals surface area contributed by atoms with Gasteiger partial charge in [0.25, 0.3) is 5.69 Å². The number of aryl methyl sites for hydroxylation is 1. The third-order valence-electron chi connectivity index (χ3n) is 4.86. The zero-order valence-corrected chi connectivity index (χ0v) is 17.4. The maximum Gasteiger partial charge on any atom is 0.269 e. The Bertz CT molecular complexity index is 1150. The summed E-state index contributed by atoms with van der Waals surface area (Å²) in [7, 11) is 3.79. The van der Waals surface area contributed by atoms with E-state index in [-0.39, 0.29) is 11.5 Å². The number of nitro groups is 1. The maximum absolute atomic E-state index is 12.5. The molecule has 154 valence electrons. The van der Waals surface area contributed by atoms with Gasteiger partial charge in [0, 0.05) is 50.1 Å². The average Bonchev–Trinajstić information content (AvgIpc) is 3.10. The third-order valence-corrected chi connectivity index (χ3v) is 6.04. The fourth-order valence-electron chi connectivity index (χ4n) is 3.47. The van der Waals surface area contributed by atoms with Crippen LogP contribution in [0.15, 0.2) is 36.8 Å². The van der Waals surface area contributed by atoms with Gasteiger partial charge in [0.1, 0.15) is 11.2 Å². The van der Waals surface area contributed by atoms with E-state index in [0.717, 1.165) is 26.2 Å². The number of fused-ring (bicyclic) bond motifs is 3. The lowest BCUT2D eigenvalue weighted by Gasteiger charge is -2.16. The van der Waals surface area contributed by atoms with E-state index in [9.17, 15) is 14.9 Å². The van der Waals surface area contributed by atoms with Crippen molar-refractivity contribution in [3.63, 3.8) is 0 Å². The summed E-state index contributed by atoms with van der Waals surface area (Å²) in [6.07, 6.45) is 5.03. The fraction of sp³-hybridized carbons (Fsp3) is 0.286. The quantitative estimate of drug-likeness (QED) is 0.338. The smallest absolute Gasteiger partial charge is 0.269 e. The van der Waals surface area contributed by atoms with Crippen molar-refractivity contribution in [2.24, 2.45) is 0 Å². The van der Waals surface area contributed by atoms with Crippen LogP contribution in [0.1, 0.15) is 22.4 Å². The Kier molecular flexibility index (Phi) is 5.45. The van der Waals surface area contributed by atoms with Crippen LogP contribution >= 0.6 is 11.3 Å². The second kappa shape index (κ2) is 8.19. The van der Waals surface area contributed by atoms with Crippen molar-refractivity contribution in [3.05, 3.63) is 62.9 Å². The molecule has 8 nitrogen and oxygen atoms in total. The minimum atomic E-state index is -0.415. The standard InChI is InChI=1S/C21H20N4O4S/c1-24(2)11-16-17(26)8-7-15-18-20(22-12-23-21(18)30-19(15)16)29-10-9-13-3-5-14(6-4-13)25(27)28/h3-6,11-12H,7-10H2,1-2H3. The number of hydrogen-bond donors (Lipinski definition) is 0. The number of ether oxygens (including phenoxy) is 1. The Labute approximate surface area is 177 Å². The van der Waals surface area contributed by atoms with Crippen molar-refractivity contribution in [2.75, 3.05) is 20.7 Å². The van der Waals surface area contributed by atoms with E-state index in [2.05, 4.69) is 9.97 Å². The van der Waals surface area contributed by atoms with Crippen LogP contribution in [0.3, 0.4) is 0 Å². The zero-order valence-electron chi connectivity index (χ0n) is 16.6. The van der Waals surface area contributed by atoms with Gasteiger partial charge in [0.2, 0.25) is 5.88 Å². The molecule has 4 rings (SSSR count). The summed E-state index contributed by atoms with van der Waals surface area (Å²) in [5.41, 5.74) is 2.79. The molecule has 0 bridgehead atoms. The van der Waals surface area contributed by atoms with E-state index >= 15 is 0 Å². The van der Waals surface area contributed by atoms with Crippen LogP contribution in [0.5, 0.6) is 5.88 Å². The number of Topliss-reactive ketones (excluding diaryl/α,β-unsaturated/α-hetero) is 1. The van der Waals surface area contributed by atoms with E-state index in [1.54, 1.807) is 12.1 Å². The number of hydrogen-bond acceptors (Lipinski definition) is 8. The topological polar surface area (TPSA) is 98.5 Å². The lowest BCUT2D eigenvalue weighted by Crippen LogP contribution is -2.14. The number of ketones is 1. The number of aromatic nitrogens is 2. The predicted molar refractivity (Wildman–Crippen MR) is 115 cm³/mol.